The van der Waals surface area contributed by atoms with E-state index in [0.29, 0.717) is 13.0 Å². The quantitative estimate of drug-likeness (QED) is 0.430. The molecule has 50 valence electrons. The Morgan fingerprint density at radius 3 is 2.00 bits per heavy atom. The van der Waals surface area contributed by atoms with E-state index in [2.05, 4.69) is 0 Å². The van der Waals surface area contributed by atoms with Crippen molar-refractivity contribution in [3.8, 4) is 0 Å². The molecule has 0 radical (unpaired) electrons. The van der Waals surface area contributed by atoms with Gasteiger partial charge < -0.3 is 17.2 Å². The third-order valence-electron chi connectivity index (χ3n) is 1.27. The molecule has 0 unspecified atom stereocenters. The van der Waals surface area contributed by atoms with Crippen LogP contribution in [0.1, 0.15) is 19.8 Å². The molecule has 0 amide bonds. The van der Waals surface area contributed by atoms with E-state index >= 15 is 0 Å². The highest BCUT2D eigenvalue weighted by molar-refractivity contribution is 4.73. The Hall–Kier alpha value is -0.120. The van der Waals surface area contributed by atoms with Gasteiger partial charge in [-0.15, -0.1) is 0 Å². The van der Waals surface area contributed by atoms with E-state index in [1.54, 1.807) is 0 Å². The molecule has 3 nitrogen and oxygen atoms in total. The Balaban J connectivity index is 3.37. The molecule has 0 saturated carbocycles. The fourth-order valence-corrected chi connectivity index (χ4v) is 0.446. The predicted molar refractivity (Wildman–Crippen MR) is 35.1 cm³/mol. The topological polar surface area (TPSA) is 78.1 Å². The van der Waals surface area contributed by atoms with E-state index in [4.69, 9.17) is 17.2 Å². The zero-order valence-electron chi connectivity index (χ0n) is 5.35. The largest absolute Gasteiger partial charge is 0.330 e. The molecule has 0 aliphatic carbocycles. The van der Waals surface area contributed by atoms with Crippen LogP contribution in [0.3, 0.4) is 0 Å². The molecular weight excluding hydrogens is 102 g/mol. The Kier molecular flexibility index (Phi) is 2.97. The van der Waals surface area contributed by atoms with Gasteiger partial charge in [0.15, 0.2) is 0 Å². The first-order valence-corrected chi connectivity index (χ1v) is 2.90. The van der Waals surface area contributed by atoms with Crippen LogP contribution in [0.15, 0.2) is 0 Å². The maximum atomic E-state index is 5.52. The van der Waals surface area contributed by atoms with Crippen molar-refractivity contribution in [2.24, 2.45) is 17.2 Å². The van der Waals surface area contributed by atoms with Crippen molar-refractivity contribution < 1.29 is 0 Å². The summed E-state index contributed by atoms with van der Waals surface area (Å²) < 4.78 is 0. The first-order chi connectivity index (χ1) is 3.62. The van der Waals surface area contributed by atoms with Crippen molar-refractivity contribution in [2.75, 3.05) is 6.54 Å². The molecule has 0 aliphatic rings. The van der Waals surface area contributed by atoms with Crippen LogP contribution in [0.4, 0.5) is 0 Å². The fourth-order valence-electron chi connectivity index (χ4n) is 0.446. The van der Waals surface area contributed by atoms with Gasteiger partial charge in [0, 0.05) is 0 Å². The monoisotopic (exact) mass is 117 g/mol. The summed E-state index contributed by atoms with van der Waals surface area (Å²) in [6.45, 7) is 2.52. The zero-order chi connectivity index (χ0) is 6.62. The molecule has 0 spiro atoms. The van der Waals surface area contributed by atoms with Crippen molar-refractivity contribution in [1.82, 2.24) is 0 Å². The molecule has 0 saturated heterocycles. The highest BCUT2D eigenvalue weighted by Crippen LogP contribution is 1.99. The lowest BCUT2D eigenvalue weighted by atomic mass is 10.1. The number of nitrogens with two attached hydrogens (primary N) is 3. The van der Waals surface area contributed by atoms with E-state index in [9.17, 15) is 0 Å². The third-order valence-corrected chi connectivity index (χ3v) is 1.27. The minimum atomic E-state index is -0.533. The van der Waals surface area contributed by atoms with Gasteiger partial charge in [0.25, 0.3) is 0 Å². The van der Waals surface area contributed by atoms with E-state index in [1.165, 1.54) is 0 Å². The van der Waals surface area contributed by atoms with Crippen LogP contribution in [0.2, 0.25) is 0 Å². The average molecular weight is 117 g/mol. The summed E-state index contributed by atoms with van der Waals surface area (Å²) >= 11 is 0. The molecule has 8 heavy (non-hydrogen) atoms. The van der Waals surface area contributed by atoms with Gasteiger partial charge >= 0.3 is 0 Å². The molecule has 0 aliphatic heterocycles. The molecule has 6 N–H and O–H groups in total. The molecule has 0 fully saturated rings. The second-order valence-corrected chi connectivity index (χ2v) is 2.13. The van der Waals surface area contributed by atoms with Crippen molar-refractivity contribution in [1.29, 1.82) is 0 Å². The lowest BCUT2D eigenvalue weighted by molar-refractivity contribution is 0.401. The van der Waals surface area contributed by atoms with Crippen LogP contribution in [0, 0.1) is 0 Å². The molecule has 0 heterocycles. The summed E-state index contributed by atoms with van der Waals surface area (Å²) in [5.74, 6) is 0. The average Bonchev–Trinajstić information content (AvgIpc) is 1.67. The summed E-state index contributed by atoms with van der Waals surface area (Å²) in [6.07, 6.45) is 1.48. The normalized spacial score (nSPS) is 12.0. The number of hydrogen-bond donors (Lipinski definition) is 3. The van der Waals surface area contributed by atoms with Gasteiger partial charge in [0.1, 0.15) is 0 Å². The second-order valence-electron chi connectivity index (χ2n) is 2.13. The van der Waals surface area contributed by atoms with E-state index in [1.807, 2.05) is 6.92 Å². The molecule has 0 bridgehead atoms. The highest BCUT2D eigenvalue weighted by atomic mass is 14.9. The van der Waals surface area contributed by atoms with Crippen LogP contribution in [-0.2, 0) is 0 Å². The maximum Gasteiger partial charge on any atom is 0.0646 e. The minimum Gasteiger partial charge on any atom is -0.330 e. The summed E-state index contributed by atoms with van der Waals surface area (Å²) in [7, 11) is 0. The lowest BCUT2D eigenvalue weighted by Crippen LogP contribution is -2.49. The predicted octanol–water partition coefficient (Wildman–Crippen LogP) is -0.641. The minimum absolute atomic E-state index is 0.533. The van der Waals surface area contributed by atoms with Gasteiger partial charge in [-0.25, -0.2) is 0 Å². The molecule has 0 aromatic rings. The van der Waals surface area contributed by atoms with Crippen molar-refractivity contribution in [2.45, 2.75) is 25.4 Å². The van der Waals surface area contributed by atoms with Crippen LogP contribution in [0.25, 0.3) is 0 Å². The van der Waals surface area contributed by atoms with Crippen molar-refractivity contribution >= 4 is 0 Å². The summed E-state index contributed by atoms with van der Waals surface area (Å²) in [5, 5.41) is 0. The Morgan fingerprint density at radius 1 is 1.38 bits per heavy atom. The molecular formula is C5H15N3. The van der Waals surface area contributed by atoms with Gasteiger partial charge in [0.2, 0.25) is 0 Å². The first-order valence-electron chi connectivity index (χ1n) is 2.90. The summed E-state index contributed by atoms with van der Waals surface area (Å²) in [6, 6.07) is 0. The molecule has 0 atom stereocenters. The summed E-state index contributed by atoms with van der Waals surface area (Å²) in [4.78, 5) is 0. The zero-order valence-corrected chi connectivity index (χ0v) is 5.35. The van der Waals surface area contributed by atoms with E-state index in [-0.39, 0.29) is 0 Å². The second kappa shape index (κ2) is 3.02. The van der Waals surface area contributed by atoms with Crippen molar-refractivity contribution in [3.63, 3.8) is 0 Å². The Labute approximate surface area is 50.2 Å². The SMILES string of the molecule is CCC(N)(N)CCN. The van der Waals surface area contributed by atoms with E-state index < -0.39 is 5.66 Å². The van der Waals surface area contributed by atoms with Gasteiger partial charge in [-0.2, -0.15) is 0 Å². The van der Waals surface area contributed by atoms with Crippen molar-refractivity contribution in [3.05, 3.63) is 0 Å². The van der Waals surface area contributed by atoms with Gasteiger partial charge in [-0.3, -0.25) is 0 Å². The molecule has 0 aromatic carbocycles. The maximum absolute atomic E-state index is 5.52. The third kappa shape index (κ3) is 2.96. The lowest BCUT2D eigenvalue weighted by Gasteiger charge is -2.20. The molecule has 0 rings (SSSR count). The van der Waals surface area contributed by atoms with E-state index in [0.717, 1.165) is 6.42 Å². The Morgan fingerprint density at radius 2 is 1.88 bits per heavy atom. The fraction of sp³-hybridized carbons (Fsp3) is 1.00. The molecule has 3 heteroatoms. The van der Waals surface area contributed by atoms with Gasteiger partial charge in [-0.05, 0) is 19.4 Å². The number of hydrogen-bond acceptors (Lipinski definition) is 3. The Bertz CT molecular complexity index is 60.7. The van der Waals surface area contributed by atoms with Crippen LogP contribution >= 0.6 is 0 Å². The standard InChI is InChI=1S/C5H15N3/c1-2-5(7,8)3-4-6/h2-4,6-8H2,1H3. The smallest absolute Gasteiger partial charge is 0.0646 e. The first kappa shape index (κ1) is 7.88. The number of rotatable bonds is 3. The van der Waals surface area contributed by atoms with Gasteiger partial charge in [0.05, 0.1) is 5.66 Å². The van der Waals surface area contributed by atoms with Gasteiger partial charge in [-0.1, -0.05) is 6.92 Å². The summed E-state index contributed by atoms with van der Waals surface area (Å²) in [5.41, 5.74) is 15.7. The van der Waals surface area contributed by atoms with Crippen LogP contribution in [0.5, 0.6) is 0 Å². The van der Waals surface area contributed by atoms with Crippen LogP contribution < -0.4 is 17.2 Å². The molecule has 0 aromatic heterocycles. The highest BCUT2D eigenvalue weighted by Gasteiger charge is 2.13. The van der Waals surface area contributed by atoms with Crippen LogP contribution in [-0.4, -0.2) is 12.2 Å².